The molecule has 1 aliphatic heterocycles. The third-order valence-electron chi connectivity index (χ3n) is 4.81. The second-order valence-corrected chi connectivity index (χ2v) is 7.09. The van der Waals surface area contributed by atoms with Gasteiger partial charge in [-0.25, -0.2) is 9.18 Å². The summed E-state index contributed by atoms with van der Waals surface area (Å²) in [5.74, 6) is -0.0515. The molecular formula is C21H33FIN5O3. The predicted molar refractivity (Wildman–Crippen MR) is 130 cm³/mol. The number of rotatable bonds is 7. The Balaban J connectivity index is 0.00000480. The van der Waals surface area contributed by atoms with Gasteiger partial charge in [-0.1, -0.05) is 6.07 Å². The fourth-order valence-corrected chi connectivity index (χ4v) is 3.11. The van der Waals surface area contributed by atoms with E-state index in [-0.39, 0.29) is 42.0 Å². The van der Waals surface area contributed by atoms with E-state index in [2.05, 4.69) is 20.9 Å². The van der Waals surface area contributed by atoms with Gasteiger partial charge in [-0.15, -0.1) is 24.0 Å². The number of nitrogens with zero attached hydrogens (tertiary/aromatic N) is 2. The lowest BCUT2D eigenvalue weighted by molar-refractivity contribution is 0.0948. The molecule has 174 valence electrons. The molecule has 10 heteroatoms. The number of hydrogen-bond donors (Lipinski definition) is 3. The van der Waals surface area contributed by atoms with E-state index < -0.39 is 5.82 Å². The monoisotopic (exact) mass is 549 g/mol. The van der Waals surface area contributed by atoms with Crippen molar-refractivity contribution in [2.45, 2.75) is 39.7 Å². The Bertz CT molecular complexity index is 755. The molecule has 0 unspecified atom stereocenters. The van der Waals surface area contributed by atoms with Crippen LogP contribution in [-0.2, 0) is 4.74 Å². The molecule has 0 aliphatic carbocycles. The summed E-state index contributed by atoms with van der Waals surface area (Å²) < 4.78 is 18.6. The van der Waals surface area contributed by atoms with Crippen LogP contribution in [0.15, 0.2) is 23.2 Å². The molecular weight excluding hydrogens is 516 g/mol. The maximum absolute atomic E-state index is 13.6. The number of halogens is 2. The standard InChI is InChI=1S/C21H32FN5O3.HI/c1-4-23-20(26-17-8-12-27(13-9-17)21(29)30-5-2)25-11-10-24-19(28)16-7-6-15(3)18(22)14-16;/h6-7,14,17H,4-5,8-13H2,1-3H3,(H,24,28)(H2,23,25,26);1H. The molecule has 8 nitrogen and oxygen atoms in total. The highest BCUT2D eigenvalue weighted by molar-refractivity contribution is 14.0. The van der Waals surface area contributed by atoms with Crippen LogP contribution in [-0.4, -0.2) is 68.2 Å². The van der Waals surface area contributed by atoms with Crippen LogP contribution in [0, 0.1) is 12.7 Å². The molecule has 0 aromatic heterocycles. The van der Waals surface area contributed by atoms with Gasteiger partial charge < -0.3 is 25.6 Å². The zero-order valence-corrected chi connectivity index (χ0v) is 20.7. The molecule has 2 amide bonds. The maximum Gasteiger partial charge on any atom is 0.409 e. The lowest BCUT2D eigenvalue weighted by atomic mass is 10.1. The lowest BCUT2D eigenvalue weighted by Crippen LogP contribution is -2.50. The van der Waals surface area contributed by atoms with Crippen molar-refractivity contribution in [1.29, 1.82) is 0 Å². The highest BCUT2D eigenvalue weighted by Gasteiger charge is 2.24. The summed E-state index contributed by atoms with van der Waals surface area (Å²) in [7, 11) is 0. The number of amides is 2. The average Bonchev–Trinajstić information content (AvgIpc) is 2.73. The van der Waals surface area contributed by atoms with Crippen LogP contribution in [0.4, 0.5) is 9.18 Å². The Morgan fingerprint density at radius 2 is 1.94 bits per heavy atom. The molecule has 1 aromatic rings. The van der Waals surface area contributed by atoms with Crippen LogP contribution in [0.1, 0.15) is 42.6 Å². The molecule has 0 spiro atoms. The van der Waals surface area contributed by atoms with Crippen LogP contribution in [0.5, 0.6) is 0 Å². The SMILES string of the molecule is CCNC(=NCCNC(=O)c1ccc(C)c(F)c1)NC1CCN(C(=O)OCC)CC1.I. The molecule has 31 heavy (non-hydrogen) atoms. The second kappa shape index (κ2) is 14.0. The number of carbonyl (C=O) groups excluding carboxylic acids is 2. The zero-order chi connectivity index (χ0) is 21.9. The zero-order valence-electron chi connectivity index (χ0n) is 18.4. The third-order valence-corrected chi connectivity index (χ3v) is 4.81. The fourth-order valence-electron chi connectivity index (χ4n) is 3.11. The maximum atomic E-state index is 13.6. The second-order valence-electron chi connectivity index (χ2n) is 7.09. The van der Waals surface area contributed by atoms with Crippen LogP contribution in [0.25, 0.3) is 0 Å². The summed E-state index contributed by atoms with van der Waals surface area (Å²) in [6.45, 7) is 8.52. The summed E-state index contributed by atoms with van der Waals surface area (Å²) in [6.07, 6.45) is 1.35. The number of piperidine rings is 1. The molecule has 0 bridgehead atoms. The first-order valence-corrected chi connectivity index (χ1v) is 10.5. The molecule has 2 rings (SSSR count). The van der Waals surface area contributed by atoms with Crippen molar-refractivity contribution >= 4 is 41.9 Å². The number of benzene rings is 1. The van der Waals surface area contributed by atoms with E-state index in [1.807, 2.05) is 6.92 Å². The van der Waals surface area contributed by atoms with Crippen molar-refractivity contribution in [3.8, 4) is 0 Å². The molecule has 0 radical (unpaired) electrons. The molecule has 0 saturated carbocycles. The Morgan fingerprint density at radius 1 is 1.23 bits per heavy atom. The minimum absolute atomic E-state index is 0. The predicted octanol–water partition coefficient (Wildman–Crippen LogP) is 2.66. The number of nitrogens with one attached hydrogen (secondary N) is 3. The normalized spacial score (nSPS) is 14.5. The van der Waals surface area contributed by atoms with Crippen LogP contribution < -0.4 is 16.0 Å². The van der Waals surface area contributed by atoms with E-state index in [9.17, 15) is 14.0 Å². The largest absolute Gasteiger partial charge is 0.450 e. The molecule has 3 N–H and O–H groups in total. The number of ether oxygens (including phenoxy) is 1. The molecule has 0 atom stereocenters. The molecule has 1 heterocycles. The number of likely N-dealkylation sites (tertiary alicyclic amines) is 1. The van der Waals surface area contributed by atoms with Crippen molar-refractivity contribution < 1.29 is 18.7 Å². The van der Waals surface area contributed by atoms with E-state index >= 15 is 0 Å². The van der Waals surface area contributed by atoms with Gasteiger partial charge in [0.15, 0.2) is 5.96 Å². The lowest BCUT2D eigenvalue weighted by Gasteiger charge is -2.32. The minimum Gasteiger partial charge on any atom is -0.450 e. The van der Waals surface area contributed by atoms with Crippen molar-refractivity contribution in [3.05, 3.63) is 35.1 Å². The summed E-state index contributed by atoms with van der Waals surface area (Å²) in [4.78, 5) is 30.1. The molecule has 1 aliphatic rings. The van der Waals surface area contributed by atoms with Crippen LogP contribution >= 0.6 is 24.0 Å². The van der Waals surface area contributed by atoms with Crippen LogP contribution in [0.3, 0.4) is 0 Å². The highest BCUT2D eigenvalue weighted by atomic mass is 127. The van der Waals surface area contributed by atoms with Crippen molar-refractivity contribution in [2.24, 2.45) is 4.99 Å². The molecule has 1 aromatic carbocycles. The van der Waals surface area contributed by atoms with Gasteiger partial charge in [0.25, 0.3) is 5.91 Å². The Labute approximate surface area is 200 Å². The molecule has 1 fully saturated rings. The van der Waals surface area contributed by atoms with Gasteiger partial charge in [-0.2, -0.15) is 0 Å². The third kappa shape index (κ3) is 8.88. The van der Waals surface area contributed by atoms with Crippen molar-refractivity contribution in [3.63, 3.8) is 0 Å². The first-order valence-electron chi connectivity index (χ1n) is 10.5. The summed E-state index contributed by atoms with van der Waals surface area (Å²) >= 11 is 0. The quantitative estimate of drug-likeness (QED) is 0.211. The van der Waals surface area contributed by atoms with Gasteiger partial charge in [0.1, 0.15) is 5.82 Å². The number of aryl methyl sites for hydroxylation is 1. The van der Waals surface area contributed by atoms with Gasteiger partial charge in [0.05, 0.1) is 13.2 Å². The van der Waals surface area contributed by atoms with E-state index in [0.29, 0.717) is 56.4 Å². The topological polar surface area (TPSA) is 95.1 Å². The first-order chi connectivity index (χ1) is 14.4. The van der Waals surface area contributed by atoms with E-state index in [1.165, 1.54) is 6.07 Å². The van der Waals surface area contributed by atoms with Crippen molar-refractivity contribution in [2.75, 3.05) is 39.3 Å². The number of hydrogen-bond acceptors (Lipinski definition) is 4. The Hall–Kier alpha value is -2.11. The summed E-state index contributed by atoms with van der Waals surface area (Å²) in [5.41, 5.74) is 0.797. The Morgan fingerprint density at radius 3 is 2.55 bits per heavy atom. The minimum atomic E-state index is -0.395. The summed E-state index contributed by atoms with van der Waals surface area (Å²) in [5, 5.41) is 9.32. The average molecular weight is 549 g/mol. The molecule has 1 saturated heterocycles. The van der Waals surface area contributed by atoms with Crippen LogP contribution in [0.2, 0.25) is 0 Å². The van der Waals surface area contributed by atoms with Gasteiger partial charge in [0, 0.05) is 37.8 Å². The number of carbonyl (C=O) groups is 2. The van der Waals surface area contributed by atoms with E-state index in [4.69, 9.17) is 4.74 Å². The first kappa shape index (κ1) is 26.9. The van der Waals surface area contributed by atoms with Crippen molar-refractivity contribution in [1.82, 2.24) is 20.9 Å². The number of aliphatic imine (C=N–C) groups is 1. The number of guanidine groups is 1. The van der Waals surface area contributed by atoms with E-state index in [0.717, 1.165) is 12.8 Å². The van der Waals surface area contributed by atoms with Gasteiger partial charge in [0.2, 0.25) is 0 Å². The van der Waals surface area contributed by atoms with E-state index in [1.54, 1.807) is 30.9 Å². The van der Waals surface area contributed by atoms with Gasteiger partial charge in [-0.3, -0.25) is 9.79 Å². The Kier molecular flexibility index (Phi) is 12.2. The highest BCUT2D eigenvalue weighted by Crippen LogP contribution is 2.11. The summed E-state index contributed by atoms with van der Waals surface area (Å²) in [6, 6.07) is 4.63. The van der Waals surface area contributed by atoms with Gasteiger partial charge in [-0.05, 0) is 51.3 Å². The smallest absolute Gasteiger partial charge is 0.409 e. The van der Waals surface area contributed by atoms with Gasteiger partial charge >= 0.3 is 6.09 Å². The fraction of sp³-hybridized carbons (Fsp3) is 0.571.